The summed E-state index contributed by atoms with van der Waals surface area (Å²) in [6, 6.07) is 8.72. The van der Waals surface area contributed by atoms with Crippen LogP contribution in [0.15, 0.2) is 35.7 Å². The number of unbranched alkanes of at least 4 members (excludes halogenated alkanes) is 1. The molecular formula is C19H20N2O3S. The lowest BCUT2D eigenvalue weighted by Crippen LogP contribution is -2.30. The van der Waals surface area contributed by atoms with Crippen LogP contribution in [0.2, 0.25) is 0 Å². The van der Waals surface area contributed by atoms with Crippen molar-refractivity contribution in [1.29, 1.82) is 0 Å². The summed E-state index contributed by atoms with van der Waals surface area (Å²) in [5, 5.41) is 4.86. The molecule has 1 aromatic heterocycles. The van der Waals surface area contributed by atoms with Crippen molar-refractivity contribution in [3.8, 4) is 0 Å². The van der Waals surface area contributed by atoms with Gasteiger partial charge in [0.05, 0.1) is 11.1 Å². The van der Waals surface area contributed by atoms with Crippen molar-refractivity contribution in [2.24, 2.45) is 0 Å². The number of fused-ring (bicyclic) bond motifs is 1. The van der Waals surface area contributed by atoms with Crippen molar-refractivity contribution in [2.75, 3.05) is 13.1 Å². The third-order valence-corrected chi connectivity index (χ3v) is 5.14. The van der Waals surface area contributed by atoms with Gasteiger partial charge in [-0.05, 0) is 42.5 Å². The summed E-state index contributed by atoms with van der Waals surface area (Å²) in [7, 11) is 0. The van der Waals surface area contributed by atoms with Crippen molar-refractivity contribution >= 4 is 29.1 Å². The Kier molecular flexibility index (Phi) is 5.28. The van der Waals surface area contributed by atoms with Crippen LogP contribution < -0.4 is 5.32 Å². The molecule has 2 heterocycles. The second kappa shape index (κ2) is 7.61. The smallest absolute Gasteiger partial charge is 0.261 e. The van der Waals surface area contributed by atoms with Crippen LogP contribution in [0, 0.1) is 0 Å². The van der Waals surface area contributed by atoms with E-state index in [0.29, 0.717) is 29.8 Å². The molecule has 2 aromatic rings. The van der Waals surface area contributed by atoms with Crippen LogP contribution in [0.25, 0.3) is 0 Å². The third-order valence-electron chi connectivity index (χ3n) is 4.21. The standard InChI is InChI=1S/C19H20N2O3S/c1-2-3-10-21-18(23)15-7-6-13(12-16(15)19(21)24)17(22)20-9-8-14-5-4-11-25-14/h4-7,11-12H,2-3,8-10H2,1H3,(H,20,22). The molecule has 0 saturated carbocycles. The molecule has 6 heteroatoms. The molecule has 5 nitrogen and oxygen atoms in total. The second-order valence-corrected chi connectivity index (χ2v) is 6.99. The van der Waals surface area contributed by atoms with E-state index in [1.54, 1.807) is 23.5 Å². The largest absolute Gasteiger partial charge is 0.352 e. The molecule has 3 amide bonds. The molecule has 0 fully saturated rings. The molecule has 1 aromatic carbocycles. The van der Waals surface area contributed by atoms with E-state index in [4.69, 9.17) is 0 Å². The summed E-state index contributed by atoms with van der Waals surface area (Å²) in [4.78, 5) is 39.5. The lowest BCUT2D eigenvalue weighted by molar-refractivity contribution is 0.0652. The Morgan fingerprint density at radius 1 is 1.16 bits per heavy atom. The topological polar surface area (TPSA) is 66.5 Å². The maximum Gasteiger partial charge on any atom is 0.261 e. The maximum atomic E-state index is 12.4. The molecule has 0 aliphatic carbocycles. The number of rotatable bonds is 7. The van der Waals surface area contributed by atoms with Crippen molar-refractivity contribution in [2.45, 2.75) is 26.2 Å². The highest BCUT2D eigenvalue weighted by Gasteiger charge is 2.35. The number of nitrogens with one attached hydrogen (secondary N) is 1. The zero-order chi connectivity index (χ0) is 17.8. The fourth-order valence-electron chi connectivity index (χ4n) is 2.81. The van der Waals surface area contributed by atoms with E-state index in [1.165, 1.54) is 15.8 Å². The molecule has 0 unspecified atom stereocenters. The minimum absolute atomic E-state index is 0.230. The normalized spacial score (nSPS) is 13.2. The Bertz CT molecular complexity index is 799. The number of carbonyl (C=O) groups is 3. The van der Waals surface area contributed by atoms with Crippen LogP contribution in [0.1, 0.15) is 55.7 Å². The first kappa shape index (κ1) is 17.4. The third kappa shape index (κ3) is 3.64. The molecule has 3 rings (SSSR count). The van der Waals surface area contributed by atoms with Gasteiger partial charge in [0.25, 0.3) is 17.7 Å². The highest BCUT2D eigenvalue weighted by Crippen LogP contribution is 2.24. The highest BCUT2D eigenvalue weighted by molar-refractivity contribution is 7.09. The van der Waals surface area contributed by atoms with Gasteiger partial charge < -0.3 is 5.32 Å². The van der Waals surface area contributed by atoms with Crippen LogP contribution in [0.5, 0.6) is 0 Å². The summed E-state index contributed by atoms with van der Waals surface area (Å²) in [5.74, 6) is -0.800. The van der Waals surface area contributed by atoms with Crippen LogP contribution in [-0.4, -0.2) is 35.7 Å². The molecule has 0 spiro atoms. The summed E-state index contributed by atoms with van der Waals surface area (Å²) in [5.41, 5.74) is 1.12. The van der Waals surface area contributed by atoms with Gasteiger partial charge in [-0.2, -0.15) is 0 Å². The maximum absolute atomic E-state index is 12.4. The van der Waals surface area contributed by atoms with Gasteiger partial charge in [0.1, 0.15) is 0 Å². The Morgan fingerprint density at radius 3 is 2.68 bits per heavy atom. The van der Waals surface area contributed by atoms with Crippen molar-refractivity contribution in [3.05, 3.63) is 57.3 Å². The molecular weight excluding hydrogens is 336 g/mol. The summed E-state index contributed by atoms with van der Waals surface area (Å²) in [6.07, 6.45) is 2.46. The molecule has 25 heavy (non-hydrogen) atoms. The van der Waals surface area contributed by atoms with E-state index in [9.17, 15) is 14.4 Å². The predicted octanol–water partition coefficient (Wildman–Crippen LogP) is 3.12. The quantitative estimate of drug-likeness (QED) is 0.775. The van der Waals surface area contributed by atoms with Crippen molar-refractivity contribution in [3.63, 3.8) is 0 Å². The Morgan fingerprint density at radius 2 is 1.96 bits per heavy atom. The summed E-state index contributed by atoms with van der Waals surface area (Å²) in [6.45, 7) is 2.97. The first-order valence-electron chi connectivity index (χ1n) is 8.42. The number of hydrogen-bond donors (Lipinski definition) is 1. The van der Waals surface area contributed by atoms with Crippen LogP contribution in [-0.2, 0) is 6.42 Å². The summed E-state index contributed by atoms with van der Waals surface area (Å²) >= 11 is 1.65. The van der Waals surface area contributed by atoms with Crippen molar-refractivity contribution < 1.29 is 14.4 Å². The van der Waals surface area contributed by atoms with Gasteiger partial charge in [0, 0.05) is 23.5 Å². The highest BCUT2D eigenvalue weighted by atomic mass is 32.1. The fourth-order valence-corrected chi connectivity index (χ4v) is 3.52. The number of benzene rings is 1. The zero-order valence-electron chi connectivity index (χ0n) is 14.1. The number of amides is 3. The minimum atomic E-state index is -0.304. The van der Waals surface area contributed by atoms with Crippen LogP contribution in [0.3, 0.4) is 0 Å². The minimum Gasteiger partial charge on any atom is -0.352 e. The molecule has 0 saturated heterocycles. The van der Waals surface area contributed by atoms with E-state index in [1.807, 2.05) is 24.4 Å². The fraction of sp³-hybridized carbons (Fsp3) is 0.316. The van der Waals surface area contributed by atoms with E-state index >= 15 is 0 Å². The van der Waals surface area contributed by atoms with E-state index in [-0.39, 0.29) is 17.7 Å². The SMILES string of the molecule is CCCCN1C(=O)c2ccc(C(=O)NCCc3cccs3)cc2C1=O. The zero-order valence-corrected chi connectivity index (χ0v) is 14.9. The lowest BCUT2D eigenvalue weighted by atomic mass is 10.1. The first-order valence-corrected chi connectivity index (χ1v) is 9.30. The van der Waals surface area contributed by atoms with Gasteiger partial charge in [0.15, 0.2) is 0 Å². The van der Waals surface area contributed by atoms with E-state index in [2.05, 4.69) is 5.32 Å². The first-order chi connectivity index (χ1) is 12.1. The van der Waals surface area contributed by atoms with Gasteiger partial charge in [0.2, 0.25) is 0 Å². The number of carbonyl (C=O) groups excluding carboxylic acids is 3. The molecule has 0 bridgehead atoms. The Hall–Kier alpha value is -2.47. The average molecular weight is 356 g/mol. The van der Waals surface area contributed by atoms with Crippen LogP contribution >= 0.6 is 11.3 Å². The molecule has 130 valence electrons. The average Bonchev–Trinajstić information content (AvgIpc) is 3.21. The van der Waals surface area contributed by atoms with E-state index < -0.39 is 0 Å². The van der Waals surface area contributed by atoms with Crippen molar-refractivity contribution in [1.82, 2.24) is 10.2 Å². The lowest BCUT2D eigenvalue weighted by Gasteiger charge is -2.12. The van der Waals surface area contributed by atoms with Gasteiger partial charge in [-0.3, -0.25) is 19.3 Å². The molecule has 1 aliphatic rings. The number of hydrogen-bond acceptors (Lipinski definition) is 4. The number of imide groups is 1. The molecule has 1 aliphatic heterocycles. The Labute approximate surface area is 150 Å². The van der Waals surface area contributed by atoms with Gasteiger partial charge in [-0.1, -0.05) is 19.4 Å². The molecule has 0 radical (unpaired) electrons. The predicted molar refractivity (Wildman–Crippen MR) is 97.1 cm³/mol. The molecule has 1 N–H and O–H groups in total. The number of nitrogens with zero attached hydrogens (tertiary/aromatic N) is 1. The van der Waals surface area contributed by atoms with Gasteiger partial charge >= 0.3 is 0 Å². The monoisotopic (exact) mass is 356 g/mol. The Balaban J connectivity index is 1.67. The van der Waals surface area contributed by atoms with Gasteiger partial charge in [-0.25, -0.2) is 0 Å². The number of thiophene rings is 1. The summed E-state index contributed by atoms with van der Waals surface area (Å²) < 4.78 is 0. The van der Waals surface area contributed by atoms with Gasteiger partial charge in [-0.15, -0.1) is 11.3 Å². The molecule has 0 atom stereocenters. The van der Waals surface area contributed by atoms with E-state index in [0.717, 1.165) is 19.3 Å². The van der Waals surface area contributed by atoms with Crippen LogP contribution in [0.4, 0.5) is 0 Å². The second-order valence-electron chi connectivity index (χ2n) is 5.96.